The fourth-order valence-corrected chi connectivity index (χ4v) is 4.41. The van der Waals surface area contributed by atoms with Gasteiger partial charge < -0.3 is 5.32 Å². The van der Waals surface area contributed by atoms with Crippen molar-refractivity contribution in [3.63, 3.8) is 0 Å². The van der Waals surface area contributed by atoms with Crippen LogP contribution in [0.1, 0.15) is 11.1 Å². The third kappa shape index (κ3) is 4.37. The van der Waals surface area contributed by atoms with Crippen LogP contribution in [-0.2, 0) is 16.6 Å². The molecule has 1 aromatic heterocycles. The zero-order valence-electron chi connectivity index (χ0n) is 16.1. The highest BCUT2D eigenvalue weighted by Crippen LogP contribution is 2.26. The number of hydrogen-bond donors (Lipinski definition) is 2. The van der Waals surface area contributed by atoms with Crippen molar-refractivity contribution in [3.8, 4) is 0 Å². The number of sulfonamides is 1. The van der Waals surface area contributed by atoms with Gasteiger partial charge in [0.1, 0.15) is 0 Å². The molecule has 4 rings (SSSR count). The van der Waals surface area contributed by atoms with E-state index in [1.54, 1.807) is 49.4 Å². The number of halogens is 1. The van der Waals surface area contributed by atoms with Crippen LogP contribution in [0, 0.1) is 6.92 Å². The van der Waals surface area contributed by atoms with Gasteiger partial charge in [-0.3, -0.25) is 4.72 Å². The third-order valence-electron chi connectivity index (χ3n) is 4.56. The lowest BCUT2D eigenvalue weighted by Gasteiger charge is -2.14. The first-order valence-corrected chi connectivity index (χ1v) is 11.1. The van der Waals surface area contributed by atoms with Gasteiger partial charge in [0.25, 0.3) is 10.0 Å². The Balaban J connectivity index is 1.71. The summed E-state index contributed by atoms with van der Waals surface area (Å²) in [5.74, 6) is 0.492. The number of aromatic nitrogens is 2. The molecule has 3 aromatic carbocycles. The molecule has 0 fully saturated rings. The number of hydrogen-bond acceptors (Lipinski definition) is 5. The zero-order chi connectivity index (χ0) is 21.1. The molecule has 0 atom stereocenters. The second-order valence-electron chi connectivity index (χ2n) is 6.76. The van der Waals surface area contributed by atoms with E-state index < -0.39 is 10.0 Å². The molecule has 0 aliphatic heterocycles. The van der Waals surface area contributed by atoms with E-state index in [1.807, 2.05) is 30.3 Å². The molecule has 30 heavy (non-hydrogen) atoms. The lowest BCUT2D eigenvalue weighted by molar-refractivity contribution is 0.600. The molecule has 0 radical (unpaired) electrons. The van der Waals surface area contributed by atoms with E-state index in [0.29, 0.717) is 34.0 Å². The van der Waals surface area contributed by atoms with E-state index in [-0.39, 0.29) is 10.7 Å². The first-order valence-electron chi connectivity index (χ1n) is 9.26. The van der Waals surface area contributed by atoms with Crippen molar-refractivity contribution in [2.75, 3.05) is 10.0 Å². The van der Waals surface area contributed by atoms with E-state index in [1.165, 1.54) is 0 Å². The quantitative estimate of drug-likeness (QED) is 0.442. The van der Waals surface area contributed by atoms with E-state index in [0.717, 1.165) is 5.56 Å². The second-order valence-corrected chi connectivity index (χ2v) is 8.85. The SMILES string of the molecule is Cc1ccccc1S(=O)(=O)Nc1nc2ccccc2nc1NCc1ccc(Cl)cc1. The highest BCUT2D eigenvalue weighted by molar-refractivity contribution is 7.92. The number of anilines is 2. The second kappa shape index (κ2) is 8.30. The summed E-state index contributed by atoms with van der Waals surface area (Å²) in [5.41, 5.74) is 2.88. The Kier molecular flexibility index (Phi) is 5.57. The molecule has 0 unspecified atom stereocenters. The number of rotatable bonds is 6. The Morgan fingerprint density at radius 2 is 1.43 bits per heavy atom. The molecule has 0 aliphatic carbocycles. The Morgan fingerprint density at radius 1 is 0.833 bits per heavy atom. The molecule has 152 valence electrons. The maximum Gasteiger partial charge on any atom is 0.263 e. The fraction of sp³-hybridized carbons (Fsp3) is 0.0909. The smallest absolute Gasteiger partial charge is 0.263 e. The van der Waals surface area contributed by atoms with Crippen LogP contribution in [0.25, 0.3) is 11.0 Å². The summed E-state index contributed by atoms with van der Waals surface area (Å²) in [7, 11) is -3.83. The minimum atomic E-state index is -3.83. The molecule has 8 heteroatoms. The summed E-state index contributed by atoms with van der Waals surface area (Å²) >= 11 is 5.94. The Bertz CT molecular complexity index is 1310. The summed E-state index contributed by atoms with van der Waals surface area (Å²) in [5, 5.41) is 3.84. The monoisotopic (exact) mass is 438 g/mol. The van der Waals surface area contributed by atoms with Crippen molar-refractivity contribution in [1.29, 1.82) is 0 Å². The third-order valence-corrected chi connectivity index (χ3v) is 6.31. The summed E-state index contributed by atoms with van der Waals surface area (Å²) in [6.07, 6.45) is 0. The van der Waals surface area contributed by atoms with E-state index >= 15 is 0 Å². The summed E-state index contributed by atoms with van der Waals surface area (Å²) in [6, 6.07) is 21.5. The van der Waals surface area contributed by atoms with Crippen molar-refractivity contribution < 1.29 is 8.42 Å². The van der Waals surface area contributed by atoms with Gasteiger partial charge in [0.05, 0.1) is 15.9 Å². The van der Waals surface area contributed by atoms with E-state index in [4.69, 9.17) is 11.6 Å². The van der Waals surface area contributed by atoms with Gasteiger partial charge in [-0.25, -0.2) is 18.4 Å². The van der Waals surface area contributed by atoms with Crippen LogP contribution in [0.5, 0.6) is 0 Å². The maximum absolute atomic E-state index is 13.0. The number of benzene rings is 3. The molecule has 0 bridgehead atoms. The van der Waals surface area contributed by atoms with Crippen molar-refractivity contribution >= 4 is 44.3 Å². The lowest BCUT2D eigenvalue weighted by atomic mass is 10.2. The van der Waals surface area contributed by atoms with Crippen molar-refractivity contribution in [2.45, 2.75) is 18.4 Å². The van der Waals surface area contributed by atoms with E-state index in [9.17, 15) is 8.42 Å². The standard InChI is InChI=1S/C22H19ClN4O2S/c1-15-6-2-5-9-20(15)30(28,29)27-22-21(24-14-16-10-12-17(23)13-11-16)25-18-7-3-4-8-19(18)26-22/h2-13H,14H2,1H3,(H,24,25)(H,26,27). The van der Waals surface area contributed by atoms with E-state index in [2.05, 4.69) is 20.0 Å². The number of nitrogens with one attached hydrogen (secondary N) is 2. The minimum Gasteiger partial charge on any atom is -0.363 e. The highest BCUT2D eigenvalue weighted by atomic mass is 35.5. The topological polar surface area (TPSA) is 84.0 Å². The first kappa shape index (κ1) is 20.1. The van der Waals surface area contributed by atoms with Crippen molar-refractivity contribution in [1.82, 2.24) is 9.97 Å². The summed E-state index contributed by atoms with van der Waals surface area (Å²) in [4.78, 5) is 9.28. The number of nitrogens with zero attached hydrogens (tertiary/aromatic N) is 2. The van der Waals surface area contributed by atoms with Crippen LogP contribution >= 0.6 is 11.6 Å². The van der Waals surface area contributed by atoms with Crippen LogP contribution in [-0.4, -0.2) is 18.4 Å². The molecule has 0 aliphatic rings. The maximum atomic E-state index is 13.0. The molecule has 0 spiro atoms. The highest BCUT2D eigenvalue weighted by Gasteiger charge is 2.20. The van der Waals surface area contributed by atoms with Crippen LogP contribution in [0.15, 0.2) is 77.7 Å². The minimum absolute atomic E-state index is 0.144. The van der Waals surface area contributed by atoms with Crippen LogP contribution in [0.2, 0.25) is 5.02 Å². The molecule has 0 saturated carbocycles. The van der Waals surface area contributed by atoms with Gasteiger partial charge in [-0.1, -0.05) is 54.1 Å². The van der Waals surface area contributed by atoms with Gasteiger partial charge in [-0.15, -0.1) is 0 Å². The summed E-state index contributed by atoms with van der Waals surface area (Å²) in [6.45, 7) is 2.18. The van der Waals surface area contributed by atoms with Gasteiger partial charge in [-0.05, 0) is 48.4 Å². The molecule has 4 aromatic rings. The summed E-state index contributed by atoms with van der Waals surface area (Å²) < 4.78 is 28.6. The van der Waals surface area contributed by atoms with Crippen LogP contribution in [0.3, 0.4) is 0 Å². The number of aryl methyl sites for hydroxylation is 1. The lowest BCUT2D eigenvalue weighted by Crippen LogP contribution is -2.17. The van der Waals surface area contributed by atoms with Gasteiger partial charge >= 0.3 is 0 Å². The van der Waals surface area contributed by atoms with Gasteiger partial charge in [-0.2, -0.15) is 0 Å². The Morgan fingerprint density at radius 3 is 2.10 bits per heavy atom. The molecule has 2 N–H and O–H groups in total. The normalized spacial score (nSPS) is 11.4. The average Bonchev–Trinajstić information content (AvgIpc) is 2.73. The molecule has 6 nitrogen and oxygen atoms in total. The number of fused-ring (bicyclic) bond motifs is 1. The van der Waals surface area contributed by atoms with Crippen LogP contribution < -0.4 is 10.0 Å². The Hall–Kier alpha value is -3.16. The molecular weight excluding hydrogens is 420 g/mol. The fourth-order valence-electron chi connectivity index (χ4n) is 3.02. The van der Waals surface area contributed by atoms with Crippen molar-refractivity contribution in [2.24, 2.45) is 0 Å². The predicted octanol–water partition coefficient (Wildman–Crippen LogP) is 5.00. The molecule has 0 saturated heterocycles. The molecule has 1 heterocycles. The largest absolute Gasteiger partial charge is 0.363 e. The van der Waals surface area contributed by atoms with Crippen molar-refractivity contribution in [3.05, 3.63) is 88.9 Å². The van der Waals surface area contributed by atoms with Crippen LogP contribution in [0.4, 0.5) is 11.6 Å². The molecular formula is C22H19ClN4O2S. The first-order chi connectivity index (χ1) is 14.4. The predicted molar refractivity (Wildman–Crippen MR) is 120 cm³/mol. The van der Waals surface area contributed by atoms with Gasteiger partial charge in [0, 0.05) is 11.6 Å². The average molecular weight is 439 g/mol. The zero-order valence-corrected chi connectivity index (χ0v) is 17.7. The van der Waals surface area contributed by atoms with Gasteiger partial charge in [0.15, 0.2) is 11.6 Å². The molecule has 0 amide bonds. The van der Waals surface area contributed by atoms with Gasteiger partial charge in [0.2, 0.25) is 0 Å². The number of para-hydroxylation sites is 2. The Labute approximate surface area is 180 Å².